The maximum atomic E-state index is 13.5. The van der Waals surface area contributed by atoms with Gasteiger partial charge in [0.1, 0.15) is 0 Å². The smallest absolute Gasteiger partial charge is 0.309 e. The van der Waals surface area contributed by atoms with Crippen molar-refractivity contribution >= 4 is 28.9 Å². The molecular formula is C27H30ClNO3. The number of carbonyl (C=O) groups is 2. The molecule has 0 unspecified atom stereocenters. The molecule has 0 atom stereocenters. The van der Waals surface area contributed by atoms with E-state index in [1.54, 1.807) is 13.8 Å². The van der Waals surface area contributed by atoms with E-state index < -0.39 is 11.4 Å². The second kappa shape index (κ2) is 8.40. The van der Waals surface area contributed by atoms with Crippen molar-refractivity contribution in [3.8, 4) is 0 Å². The molecule has 0 aliphatic heterocycles. The Bertz CT molecular complexity index is 1180. The Morgan fingerprint density at radius 3 is 2.38 bits per heavy atom. The number of halogens is 1. The molecule has 32 heavy (non-hydrogen) atoms. The highest BCUT2D eigenvalue weighted by molar-refractivity contribution is 6.30. The van der Waals surface area contributed by atoms with Gasteiger partial charge in [0.2, 0.25) is 0 Å². The summed E-state index contributed by atoms with van der Waals surface area (Å²) in [5, 5.41) is 10.5. The lowest BCUT2D eigenvalue weighted by Crippen LogP contribution is -2.27. The number of fused-ring (bicyclic) bond motifs is 1. The lowest BCUT2D eigenvalue weighted by Gasteiger charge is -2.20. The Hall–Kier alpha value is -2.59. The summed E-state index contributed by atoms with van der Waals surface area (Å²) in [6.45, 7) is 7.74. The molecular weight excluding hydrogens is 422 g/mol. The number of nitrogens with zero attached hydrogens (tertiary/aromatic N) is 1. The molecule has 168 valence electrons. The van der Waals surface area contributed by atoms with Crippen LogP contribution in [0.1, 0.15) is 79.2 Å². The van der Waals surface area contributed by atoms with Gasteiger partial charge < -0.3 is 9.51 Å². The first-order valence-electron chi connectivity index (χ1n) is 11.3. The van der Waals surface area contributed by atoms with Gasteiger partial charge in [-0.25, -0.2) is 0 Å². The zero-order valence-electron chi connectivity index (χ0n) is 19.1. The van der Waals surface area contributed by atoms with E-state index >= 15 is 0 Å². The second-order valence-electron chi connectivity index (χ2n) is 9.98. The fourth-order valence-corrected chi connectivity index (χ4v) is 4.39. The van der Waals surface area contributed by atoms with E-state index in [4.69, 9.17) is 11.6 Å². The van der Waals surface area contributed by atoms with Crippen LogP contribution in [-0.4, -0.2) is 21.3 Å². The largest absolute Gasteiger partial charge is 0.481 e. The van der Waals surface area contributed by atoms with Gasteiger partial charge in [0.25, 0.3) is 0 Å². The quantitative estimate of drug-likeness (QED) is 0.395. The van der Waals surface area contributed by atoms with Crippen molar-refractivity contribution in [1.82, 2.24) is 4.40 Å². The summed E-state index contributed by atoms with van der Waals surface area (Å²) in [5.74, 6) is -0.323. The Labute approximate surface area is 194 Å². The summed E-state index contributed by atoms with van der Waals surface area (Å²) in [5.41, 5.74) is 4.71. The molecule has 0 radical (unpaired) electrons. The van der Waals surface area contributed by atoms with Crippen LogP contribution in [0.15, 0.2) is 42.6 Å². The average molecular weight is 452 g/mol. The van der Waals surface area contributed by atoms with Crippen LogP contribution in [0.25, 0.3) is 5.52 Å². The molecule has 1 aromatic carbocycles. The molecule has 0 spiro atoms. The number of carboxylic acid groups (broad SMARTS) is 1. The van der Waals surface area contributed by atoms with Gasteiger partial charge in [-0.2, -0.15) is 0 Å². The van der Waals surface area contributed by atoms with Crippen LogP contribution in [0.3, 0.4) is 0 Å². The fraction of sp³-hybridized carbons (Fsp3) is 0.407. The summed E-state index contributed by atoms with van der Waals surface area (Å²) in [6.07, 6.45) is 4.76. The fourth-order valence-electron chi connectivity index (χ4n) is 4.27. The van der Waals surface area contributed by atoms with Crippen LogP contribution in [0.5, 0.6) is 0 Å². The monoisotopic (exact) mass is 451 g/mol. The minimum atomic E-state index is -0.987. The van der Waals surface area contributed by atoms with Crippen LogP contribution < -0.4 is 0 Å². The lowest BCUT2D eigenvalue weighted by molar-refractivity contribution is -0.146. The van der Waals surface area contributed by atoms with Crippen LogP contribution in [0.2, 0.25) is 5.02 Å². The van der Waals surface area contributed by atoms with E-state index in [1.165, 1.54) is 5.56 Å². The summed E-state index contributed by atoms with van der Waals surface area (Å²) in [4.78, 5) is 25.5. The molecule has 1 N–H and O–H groups in total. The summed E-state index contributed by atoms with van der Waals surface area (Å²) in [6, 6.07) is 11.9. The number of carboxylic acids is 1. The van der Waals surface area contributed by atoms with E-state index in [2.05, 4.69) is 30.4 Å². The summed E-state index contributed by atoms with van der Waals surface area (Å²) in [7, 11) is 0. The molecule has 2 aromatic heterocycles. The van der Waals surface area contributed by atoms with Gasteiger partial charge >= 0.3 is 5.97 Å². The molecule has 4 rings (SSSR count). The Kier molecular flexibility index (Phi) is 5.93. The van der Waals surface area contributed by atoms with Crippen molar-refractivity contribution < 1.29 is 14.7 Å². The maximum Gasteiger partial charge on any atom is 0.309 e. The third-order valence-electron chi connectivity index (χ3n) is 6.52. The Morgan fingerprint density at radius 1 is 1.16 bits per heavy atom. The molecule has 4 nitrogen and oxygen atoms in total. The zero-order chi connectivity index (χ0) is 23.2. The molecule has 0 amide bonds. The standard InChI is InChI=1S/C27H30ClNO3/c1-16(2)19-11-12-29-22(13-17-5-9-20(28)10-6-17)21(15-27(3,4)26(31)32)24(23(29)14-19)25(30)18-7-8-18/h5-6,9-12,14,16,18H,7-8,13,15H2,1-4H3,(H,31,32). The number of aliphatic carboxylic acids is 1. The number of aromatic nitrogens is 1. The number of carbonyl (C=O) groups excluding carboxylic acids is 1. The molecule has 0 saturated heterocycles. The van der Waals surface area contributed by atoms with Gasteiger partial charge in [0.05, 0.1) is 10.9 Å². The van der Waals surface area contributed by atoms with Gasteiger partial charge in [-0.3, -0.25) is 9.59 Å². The highest BCUT2D eigenvalue weighted by Gasteiger charge is 2.38. The molecule has 1 aliphatic carbocycles. The van der Waals surface area contributed by atoms with E-state index in [9.17, 15) is 14.7 Å². The number of pyridine rings is 1. The second-order valence-corrected chi connectivity index (χ2v) is 10.4. The maximum absolute atomic E-state index is 13.5. The average Bonchev–Trinajstić information content (AvgIpc) is 3.54. The van der Waals surface area contributed by atoms with Crippen molar-refractivity contribution in [2.45, 2.75) is 59.3 Å². The number of benzene rings is 1. The normalized spacial score (nSPS) is 14.3. The SMILES string of the molecule is CC(C)c1ccn2c(Cc3ccc(Cl)cc3)c(CC(C)(C)C(=O)O)c(C(=O)C3CC3)c2c1. The van der Waals surface area contributed by atoms with Crippen molar-refractivity contribution in [1.29, 1.82) is 0 Å². The van der Waals surface area contributed by atoms with Gasteiger partial charge in [0.15, 0.2) is 5.78 Å². The van der Waals surface area contributed by atoms with Gasteiger partial charge in [-0.1, -0.05) is 37.6 Å². The third-order valence-corrected chi connectivity index (χ3v) is 6.77. The lowest BCUT2D eigenvalue weighted by atomic mass is 9.82. The molecule has 5 heteroatoms. The van der Waals surface area contributed by atoms with Crippen LogP contribution in [0.4, 0.5) is 0 Å². The minimum Gasteiger partial charge on any atom is -0.481 e. The topological polar surface area (TPSA) is 58.8 Å². The zero-order valence-corrected chi connectivity index (χ0v) is 19.9. The van der Waals surface area contributed by atoms with Crippen molar-refractivity contribution in [2.75, 3.05) is 0 Å². The van der Waals surface area contributed by atoms with Crippen molar-refractivity contribution in [3.05, 3.63) is 75.6 Å². The minimum absolute atomic E-state index is 0.0546. The van der Waals surface area contributed by atoms with Gasteiger partial charge in [-0.05, 0) is 80.0 Å². The molecule has 0 bridgehead atoms. The molecule has 3 aromatic rings. The molecule has 1 fully saturated rings. The van der Waals surface area contributed by atoms with Crippen LogP contribution in [-0.2, 0) is 17.6 Å². The van der Waals surface area contributed by atoms with Crippen LogP contribution >= 0.6 is 11.6 Å². The summed E-state index contributed by atoms with van der Waals surface area (Å²) >= 11 is 6.08. The molecule has 2 heterocycles. The van der Waals surface area contributed by atoms with E-state index in [0.29, 0.717) is 29.3 Å². The van der Waals surface area contributed by atoms with Crippen LogP contribution in [0, 0.1) is 11.3 Å². The first-order chi connectivity index (χ1) is 15.1. The predicted octanol–water partition coefficient (Wildman–Crippen LogP) is 6.55. The Morgan fingerprint density at radius 2 is 1.81 bits per heavy atom. The van der Waals surface area contributed by atoms with Crippen molar-refractivity contribution in [2.24, 2.45) is 11.3 Å². The van der Waals surface area contributed by atoms with E-state index in [-0.39, 0.29) is 11.7 Å². The highest BCUT2D eigenvalue weighted by Crippen LogP contribution is 2.39. The van der Waals surface area contributed by atoms with Gasteiger partial charge in [0, 0.05) is 34.8 Å². The predicted molar refractivity (Wildman–Crippen MR) is 128 cm³/mol. The number of hydrogen-bond acceptors (Lipinski definition) is 2. The Balaban J connectivity index is 1.97. The van der Waals surface area contributed by atoms with Crippen molar-refractivity contribution in [3.63, 3.8) is 0 Å². The van der Waals surface area contributed by atoms with E-state index in [1.807, 2.05) is 30.5 Å². The highest BCUT2D eigenvalue weighted by atomic mass is 35.5. The first kappa shape index (κ1) is 22.6. The summed E-state index contributed by atoms with van der Waals surface area (Å²) < 4.78 is 2.10. The molecule has 1 aliphatic rings. The third kappa shape index (κ3) is 4.33. The number of Topliss-reactive ketones (excluding diaryl/α,β-unsaturated/α-hetero) is 1. The molecule has 1 saturated carbocycles. The number of hydrogen-bond donors (Lipinski definition) is 1. The van der Waals surface area contributed by atoms with Gasteiger partial charge in [-0.15, -0.1) is 0 Å². The van der Waals surface area contributed by atoms with E-state index in [0.717, 1.165) is 35.2 Å². The number of rotatable bonds is 8. The first-order valence-corrected chi connectivity index (χ1v) is 11.6. The number of ketones is 1.